The van der Waals surface area contributed by atoms with Crippen LogP contribution in [0.3, 0.4) is 0 Å². The van der Waals surface area contributed by atoms with E-state index in [4.69, 9.17) is 28.4 Å². The van der Waals surface area contributed by atoms with Crippen LogP contribution in [-0.4, -0.2) is 95.9 Å². The lowest BCUT2D eigenvalue weighted by Gasteiger charge is -2.34. The average Bonchev–Trinajstić information content (AvgIpc) is 3.76. The van der Waals surface area contributed by atoms with Crippen molar-refractivity contribution < 1.29 is 28.4 Å². The Hall–Kier alpha value is -2.20. The Kier molecular flexibility index (Phi) is 7.39. The first-order valence-electron chi connectivity index (χ1n) is 15.7. The Balaban J connectivity index is 1.19. The molecule has 2 aromatic carbocycles. The van der Waals surface area contributed by atoms with Gasteiger partial charge in [0.2, 0.25) is 0 Å². The molecule has 6 saturated heterocycles. The fraction of sp³-hybridized carbons (Fsp3) is 0.636. The molecule has 41 heavy (non-hydrogen) atoms. The highest BCUT2D eigenvalue weighted by Crippen LogP contribution is 2.43. The van der Waals surface area contributed by atoms with Crippen LogP contribution in [0.1, 0.15) is 34.2 Å². The highest BCUT2D eigenvalue weighted by molar-refractivity contribution is 5.69. The van der Waals surface area contributed by atoms with Gasteiger partial charge in [0.1, 0.15) is 0 Å². The quantitative estimate of drug-likeness (QED) is 0.219. The van der Waals surface area contributed by atoms with E-state index in [0.29, 0.717) is 36.6 Å². The molecule has 0 spiro atoms. The number of benzene rings is 2. The molecule has 220 valence electrons. The van der Waals surface area contributed by atoms with Crippen molar-refractivity contribution in [2.75, 3.05) is 69.5 Å². The SMILES string of the molecule is c1ccc(NCCCN(CC2CO2)c2c(CC3CO3)c(CC3CO3)c(CC3CO3)c(CC3CO3)c2CC2CO2)cc1. The first-order chi connectivity index (χ1) is 20.3. The zero-order chi connectivity index (χ0) is 27.2. The first-order valence-corrected chi connectivity index (χ1v) is 15.7. The summed E-state index contributed by atoms with van der Waals surface area (Å²) in [6.45, 7) is 7.96. The van der Waals surface area contributed by atoms with Gasteiger partial charge in [-0.25, -0.2) is 0 Å². The van der Waals surface area contributed by atoms with Gasteiger partial charge in [-0.1, -0.05) is 18.2 Å². The van der Waals surface area contributed by atoms with Gasteiger partial charge in [0.25, 0.3) is 0 Å². The zero-order valence-corrected chi connectivity index (χ0v) is 23.9. The van der Waals surface area contributed by atoms with Gasteiger partial charge in [-0.15, -0.1) is 0 Å². The van der Waals surface area contributed by atoms with Gasteiger partial charge >= 0.3 is 0 Å². The lowest BCUT2D eigenvalue weighted by Crippen LogP contribution is -2.34. The topological polar surface area (TPSA) is 90.5 Å². The predicted molar refractivity (Wildman–Crippen MR) is 155 cm³/mol. The van der Waals surface area contributed by atoms with Crippen LogP contribution in [0.5, 0.6) is 0 Å². The van der Waals surface area contributed by atoms with E-state index >= 15 is 0 Å². The molecule has 6 heterocycles. The van der Waals surface area contributed by atoms with Crippen molar-refractivity contribution >= 4 is 11.4 Å². The molecule has 2 aromatic rings. The molecule has 0 radical (unpaired) electrons. The van der Waals surface area contributed by atoms with Gasteiger partial charge in [-0.3, -0.25) is 0 Å². The minimum atomic E-state index is 0.303. The molecule has 8 heteroatoms. The molecule has 6 unspecified atom stereocenters. The summed E-state index contributed by atoms with van der Waals surface area (Å²) >= 11 is 0. The van der Waals surface area contributed by atoms with Crippen LogP contribution in [0, 0.1) is 0 Å². The van der Waals surface area contributed by atoms with Crippen LogP contribution in [0.25, 0.3) is 0 Å². The zero-order valence-electron chi connectivity index (χ0n) is 23.9. The van der Waals surface area contributed by atoms with Crippen molar-refractivity contribution in [3.63, 3.8) is 0 Å². The standard InChI is InChI=1S/C33H42N2O6/c1-2-5-21(6-3-1)34-7-4-8-35(14-27-20-41-27)33-31(12-25-18-39-25)29(10-23-16-37-23)28(9-22-15-36-22)30(11-24-17-38-24)32(33)13-26-19-40-26/h1-3,5-6,22-27,34H,4,7-20H2. The minimum absolute atomic E-state index is 0.303. The van der Waals surface area contributed by atoms with E-state index in [1.54, 1.807) is 0 Å². The van der Waals surface area contributed by atoms with E-state index in [2.05, 4.69) is 40.5 Å². The Morgan fingerprint density at radius 1 is 0.561 bits per heavy atom. The molecule has 6 aliphatic rings. The van der Waals surface area contributed by atoms with Crippen molar-refractivity contribution in [2.45, 2.75) is 75.1 Å². The van der Waals surface area contributed by atoms with Gasteiger partial charge in [0.15, 0.2) is 0 Å². The molecule has 1 N–H and O–H groups in total. The van der Waals surface area contributed by atoms with E-state index in [-0.39, 0.29) is 0 Å². The minimum Gasteiger partial charge on any atom is -0.385 e. The Bertz CT molecular complexity index is 1160. The second-order valence-corrected chi connectivity index (χ2v) is 12.6. The number of hydrogen-bond donors (Lipinski definition) is 1. The third-order valence-corrected chi connectivity index (χ3v) is 9.05. The summed E-state index contributed by atoms with van der Waals surface area (Å²) in [7, 11) is 0. The fourth-order valence-corrected chi connectivity index (χ4v) is 6.42. The normalized spacial score (nSPS) is 30.1. The molecule has 0 aliphatic carbocycles. The lowest BCUT2D eigenvalue weighted by molar-refractivity contribution is 0.392. The second-order valence-electron chi connectivity index (χ2n) is 12.6. The summed E-state index contributed by atoms with van der Waals surface area (Å²) in [5.41, 5.74) is 10.0. The predicted octanol–water partition coefficient (Wildman–Crippen LogP) is 3.10. The number of nitrogens with zero attached hydrogens (tertiary/aromatic N) is 1. The molecule has 0 amide bonds. The second kappa shape index (κ2) is 11.5. The van der Waals surface area contributed by atoms with Crippen LogP contribution in [-0.2, 0) is 60.5 Å². The van der Waals surface area contributed by atoms with Gasteiger partial charge in [0, 0.05) is 63.1 Å². The van der Waals surface area contributed by atoms with Crippen LogP contribution >= 0.6 is 0 Å². The Labute approximate surface area is 242 Å². The highest BCUT2D eigenvalue weighted by atomic mass is 16.6. The van der Waals surface area contributed by atoms with Crippen molar-refractivity contribution in [1.29, 1.82) is 0 Å². The number of ether oxygens (including phenoxy) is 6. The summed E-state index contributed by atoms with van der Waals surface area (Å²) in [4.78, 5) is 2.66. The summed E-state index contributed by atoms with van der Waals surface area (Å²) in [5.74, 6) is 0. The average molecular weight is 563 g/mol. The monoisotopic (exact) mass is 562 g/mol. The van der Waals surface area contributed by atoms with E-state index < -0.39 is 0 Å². The molecule has 6 aliphatic heterocycles. The van der Waals surface area contributed by atoms with Gasteiger partial charge < -0.3 is 38.6 Å². The molecule has 6 atom stereocenters. The van der Waals surface area contributed by atoms with E-state index in [9.17, 15) is 0 Å². The number of anilines is 2. The van der Waals surface area contributed by atoms with Gasteiger partial charge in [-0.05, 0) is 46.4 Å². The molecular weight excluding hydrogens is 520 g/mol. The molecule has 6 fully saturated rings. The molecular formula is C33H42N2O6. The lowest BCUT2D eigenvalue weighted by atomic mass is 9.80. The molecule has 8 nitrogen and oxygen atoms in total. The summed E-state index contributed by atoms with van der Waals surface area (Å²) in [6.07, 6.45) is 7.76. The van der Waals surface area contributed by atoms with Crippen LogP contribution in [0.15, 0.2) is 30.3 Å². The van der Waals surface area contributed by atoms with Gasteiger partial charge in [0.05, 0.1) is 76.3 Å². The number of rotatable bonds is 18. The van der Waals surface area contributed by atoms with Crippen molar-refractivity contribution in [1.82, 2.24) is 0 Å². The number of para-hydroxylation sites is 1. The van der Waals surface area contributed by atoms with Crippen LogP contribution < -0.4 is 10.2 Å². The third-order valence-electron chi connectivity index (χ3n) is 9.05. The Morgan fingerprint density at radius 3 is 1.41 bits per heavy atom. The van der Waals surface area contributed by atoms with Crippen molar-refractivity contribution in [3.8, 4) is 0 Å². The Morgan fingerprint density at radius 2 is 0.976 bits per heavy atom. The number of nitrogens with one attached hydrogen (secondary N) is 1. The molecule has 0 aromatic heterocycles. The van der Waals surface area contributed by atoms with E-state index in [1.807, 2.05) is 0 Å². The molecule has 8 rings (SSSR count). The molecule has 0 saturated carbocycles. The van der Waals surface area contributed by atoms with E-state index in [1.165, 1.54) is 39.2 Å². The van der Waals surface area contributed by atoms with Crippen LogP contribution in [0.4, 0.5) is 11.4 Å². The fourth-order valence-electron chi connectivity index (χ4n) is 6.42. The highest BCUT2D eigenvalue weighted by Gasteiger charge is 2.40. The summed E-state index contributed by atoms with van der Waals surface area (Å²) < 4.78 is 35.1. The summed E-state index contributed by atoms with van der Waals surface area (Å²) in [6, 6.07) is 10.5. The van der Waals surface area contributed by atoms with E-state index in [0.717, 1.165) is 97.8 Å². The van der Waals surface area contributed by atoms with Crippen LogP contribution in [0.2, 0.25) is 0 Å². The van der Waals surface area contributed by atoms with Gasteiger partial charge in [-0.2, -0.15) is 0 Å². The van der Waals surface area contributed by atoms with Crippen molar-refractivity contribution in [2.24, 2.45) is 0 Å². The molecule has 0 bridgehead atoms. The maximum absolute atomic E-state index is 5.88. The first kappa shape index (κ1) is 26.4. The largest absolute Gasteiger partial charge is 0.385 e. The van der Waals surface area contributed by atoms with Crippen molar-refractivity contribution in [3.05, 3.63) is 58.1 Å². The third kappa shape index (κ3) is 7.07. The number of epoxide rings is 6. The number of hydrogen-bond acceptors (Lipinski definition) is 8. The maximum atomic E-state index is 5.88. The maximum Gasteiger partial charge on any atom is 0.0984 e. The summed E-state index contributed by atoms with van der Waals surface area (Å²) in [5, 5.41) is 3.62. The smallest absolute Gasteiger partial charge is 0.0984 e.